The van der Waals surface area contributed by atoms with E-state index in [0.29, 0.717) is 18.2 Å². The van der Waals surface area contributed by atoms with Crippen LogP contribution >= 0.6 is 12.4 Å². The van der Waals surface area contributed by atoms with Gasteiger partial charge in [0.15, 0.2) is 5.69 Å². The first-order valence-corrected chi connectivity index (χ1v) is 8.33. The van der Waals surface area contributed by atoms with E-state index in [1.807, 2.05) is 4.90 Å². The Hall–Kier alpha value is -1.11. The number of carbonyl (C=O) groups is 1. The number of nitrogens with one attached hydrogen (secondary N) is 2. The van der Waals surface area contributed by atoms with Crippen LogP contribution in [0.5, 0.6) is 0 Å². The van der Waals surface area contributed by atoms with Gasteiger partial charge < -0.3 is 15.0 Å². The Kier molecular flexibility index (Phi) is 6.44. The van der Waals surface area contributed by atoms with Gasteiger partial charge in [-0.25, -0.2) is 0 Å². The number of fused-ring (bicyclic) bond motifs is 1. The Bertz CT molecular complexity index is 532. The second-order valence-electron chi connectivity index (χ2n) is 6.67. The van der Waals surface area contributed by atoms with Crippen LogP contribution in [-0.2, 0) is 17.7 Å². The van der Waals surface area contributed by atoms with Crippen molar-refractivity contribution in [3.05, 3.63) is 17.0 Å². The van der Waals surface area contributed by atoms with Gasteiger partial charge in [0.1, 0.15) is 0 Å². The lowest BCUT2D eigenvalue weighted by Gasteiger charge is -2.18. The molecule has 1 unspecified atom stereocenters. The molecule has 0 spiro atoms. The summed E-state index contributed by atoms with van der Waals surface area (Å²) < 4.78 is 5.89. The van der Waals surface area contributed by atoms with Gasteiger partial charge in [-0.1, -0.05) is 13.8 Å². The fraction of sp³-hybridized carbons (Fsp3) is 0.750. The minimum absolute atomic E-state index is 0. The number of nitrogens with zero attached hydrogens (tertiary/aromatic N) is 2. The number of hydrogen-bond acceptors (Lipinski definition) is 4. The second-order valence-corrected chi connectivity index (χ2v) is 6.67. The van der Waals surface area contributed by atoms with Crippen molar-refractivity contribution in [2.75, 3.05) is 26.2 Å². The maximum atomic E-state index is 12.7. The molecule has 1 atom stereocenters. The summed E-state index contributed by atoms with van der Waals surface area (Å²) in [5.41, 5.74) is 2.73. The van der Waals surface area contributed by atoms with Crippen LogP contribution in [0.4, 0.5) is 0 Å². The lowest BCUT2D eigenvalue weighted by Crippen LogP contribution is -2.32. The Morgan fingerprint density at radius 3 is 3.09 bits per heavy atom. The number of aromatic amines is 1. The van der Waals surface area contributed by atoms with Crippen LogP contribution in [0.2, 0.25) is 0 Å². The number of amides is 1. The van der Waals surface area contributed by atoms with E-state index in [-0.39, 0.29) is 24.4 Å². The SMILES string of the molecule is CC(C)CCOC1CCN(C(=O)c2n[nH]c3c2CNCC3)C1.Cl. The molecule has 1 aromatic heterocycles. The smallest absolute Gasteiger partial charge is 0.274 e. The maximum Gasteiger partial charge on any atom is 0.274 e. The monoisotopic (exact) mass is 342 g/mol. The van der Waals surface area contributed by atoms with Crippen molar-refractivity contribution in [2.45, 2.75) is 45.8 Å². The largest absolute Gasteiger partial charge is 0.376 e. The summed E-state index contributed by atoms with van der Waals surface area (Å²) in [6.07, 6.45) is 3.09. The molecule has 2 N–H and O–H groups in total. The quantitative estimate of drug-likeness (QED) is 0.855. The standard InChI is InChI=1S/C16H26N4O2.ClH/c1-11(2)5-8-22-12-4-7-20(10-12)16(21)15-13-9-17-6-3-14(13)18-19-15;/h11-12,17H,3-10H2,1-2H3,(H,18,19);1H. The molecule has 6 nitrogen and oxygen atoms in total. The molecular formula is C16H27ClN4O2. The van der Waals surface area contributed by atoms with Gasteiger partial charge >= 0.3 is 0 Å². The lowest BCUT2D eigenvalue weighted by atomic mass is 10.1. The molecule has 0 saturated carbocycles. The highest BCUT2D eigenvalue weighted by molar-refractivity contribution is 5.94. The fourth-order valence-electron chi connectivity index (χ4n) is 3.07. The highest BCUT2D eigenvalue weighted by atomic mass is 35.5. The van der Waals surface area contributed by atoms with Gasteiger partial charge in [0.2, 0.25) is 0 Å². The number of likely N-dealkylation sites (tertiary alicyclic amines) is 1. The van der Waals surface area contributed by atoms with E-state index < -0.39 is 0 Å². The van der Waals surface area contributed by atoms with Crippen LogP contribution < -0.4 is 5.32 Å². The van der Waals surface area contributed by atoms with Gasteiger partial charge in [-0.05, 0) is 18.8 Å². The van der Waals surface area contributed by atoms with Crippen molar-refractivity contribution in [3.8, 4) is 0 Å². The Balaban J connectivity index is 0.00000192. The number of halogens is 1. The van der Waals surface area contributed by atoms with E-state index in [1.54, 1.807) is 0 Å². The molecule has 3 heterocycles. The van der Waals surface area contributed by atoms with Crippen molar-refractivity contribution in [1.29, 1.82) is 0 Å². The number of ether oxygens (including phenoxy) is 1. The number of carbonyl (C=O) groups excluding carboxylic acids is 1. The van der Waals surface area contributed by atoms with Crippen LogP contribution in [0.3, 0.4) is 0 Å². The van der Waals surface area contributed by atoms with Crippen LogP contribution in [0.25, 0.3) is 0 Å². The van der Waals surface area contributed by atoms with Crippen molar-refractivity contribution in [3.63, 3.8) is 0 Å². The Morgan fingerprint density at radius 2 is 2.30 bits per heavy atom. The molecular weight excluding hydrogens is 316 g/mol. The number of hydrogen-bond donors (Lipinski definition) is 2. The molecule has 7 heteroatoms. The number of aromatic nitrogens is 2. The third kappa shape index (κ3) is 4.25. The van der Waals surface area contributed by atoms with Crippen molar-refractivity contribution >= 4 is 18.3 Å². The van der Waals surface area contributed by atoms with E-state index in [1.165, 1.54) is 0 Å². The summed E-state index contributed by atoms with van der Waals surface area (Å²) >= 11 is 0. The maximum absolute atomic E-state index is 12.7. The predicted molar refractivity (Wildman–Crippen MR) is 91.0 cm³/mol. The van der Waals surface area contributed by atoms with Gasteiger partial charge in [0.05, 0.1) is 6.10 Å². The van der Waals surface area contributed by atoms with E-state index in [4.69, 9.17) is 4.74 Å². The van der Waals surface area contributed by atoms with Crippen LogP contribution in [-0.4, -0.2) is 53.3 Å². The van der Waals surface area contributed by atoms with Gasteiger partial charge in [-0.3, -0.25) is 9.89 Å². The van der Waals surface area contributed by atoms with E-state index in [0.717, 1.165) is 56.8 Å². The summed E-state index contributed by atoms with van der Waals surface area (Å²) in [6.45, 7) is 8.30. The Labute approximate surface area is 143 Å². The van der Waals surface area contributed by atoms with Crippen molar-refractivity contribution in [2.24, 2.45) is 5.92 Å². The minimum atomic E-state index is 0. The van der Waals surface area contributed by atoms with E-state index in [9.17, 15) is 4.79 Å². The van der Waals surface area contributed by atoms with Gasteiger partial charge in [-0.2, -0.15) is 5.10 Å². The zero-order valence-electron chi connectivity index (χ0n) is 13.9. The first-order valence-electron chi connectivity index (χ1n) is 8.33. The molecule has 2 aliphatic rings. The summed E-state index contributed by atoms with van der Waals surface area (Å²) in [7, 11) is 0. The fourth-order valence-corrected chi connectivity index (χ4v) is 3.07. The molecule has 0 bridgehead atoms. The van der Waals surface area contributed by atoms with Gasteiger partial charge in [0.25, 0.3) is 5.91 Å². The molecule has 1 fully saturated rings. The highest BCUT2D eigenvalue weighted by Gasteiger charge is 2.31. The average Bonchev–Trinajstić information content (AvgIpc) is 3.13. The molecule has 1 saturated heterocycles. The summed E-state index contributed by atoms with van der Waals surface area (Å²) in [6, 6.07) is 0. The molecule has 2 aliphatic heterocycles. The summed E-state index contributed by atoms with van der Waals surface area (Å²) in [5.74, 6) is 0.693. The first-order chi connectivity index (χ1) is 10.6. The molecule has 0 radical (unpaired) electrons. The van der Waals surface area contributed by atoms with Gasteiger partial charge in [0, 0.05) is 50.5 Å². The van der Waals surface area contributed by atoms with E-state index in [2.05, 4.69) is 29.4 Å². The molecule has 1 amide bonds. The summed E-state index contributed by atoms with van der Waals surface area (Å²) in [4.78, 5) is 14.5. The van der Waals surface area contributed by atoms with Crippen molar-refractivity contribution < 1.29 is 9.53 Å². The molecule has 130 valence electrons. The van der Waals surface area contributed by atoms with Crippen LogP contribution in [0, 0.1) is 5.92 Å². The number of rotatable bonds is 5. The topological polar surface area (TPSA) is 70.2 Å². The molecule has 3 rings (SSSR count). The van der Waals surface area contributed by atoms with Crippen molar-refractivity contribution in [1.82, 2.24) is 20.4 Å². The second kappa shape index (κ2) is 8.13. The lowest BCUT2D eigenvalue weighted by molar-refractivity contribution is 0.0482. The first kappa shape index (κ1) is 18.2. The molecule has 23 heavy (non-hydrogen) atoms. The van der Waals surface area contributed by atoms with Crippen LogP contribution in [0.15, 0.2) is 0 Å². The zero-order chi connectivity index (χ0) is 15.5. The van der Waals surface area contributed by atoms with Gasteiger partial charge in [-0.15, -0.1) is 12.4 Å². The molecule has 0 aromatic carbocycles. The minimum Gasteiger partial charge on any atom is -0.376 e. The number of H-pyrrole nitrogens is 1. The predicted octanol–water partition coefficient (Wildman–Crippen LogP) is 1.75. The summed E-state index contributed by atoms with van der Waals surface area (Å²) in [5, 5.41) is 10.6. The van der Waals surface area contributed by atoms with E-state index >= 15 is 0 Å². The Morgan fingerprint density at radius 1 is 1.48 bits per heavy atom. The molecule has 1 aromatic rings. The third-order valence-electron chi connectivity index (χ3n) is 4.49. The normalized spacial score (nSPS) is 20.5. The van der Waals surface area contributed by atoms with Crippen LogP contribution in [0.1, 0.15) is 48.4 Å². The molecule has 0 aliphatic carbocycles. The zero-order valence-corrected chi connectivity index (χ0v) is 14.7. The third-order valence-corrected chi connectivity index (χ3v) is 4.49. The highest BCUT2D eigenvalue weighted by Crippen LogP contribution is 2.20. The average molecular weight is 343 g/mol.